The van der Waals surface area contributed by atoms with Crippen LogP contribution in [-0.4, -0.2) is 11.6 Å². The van der Waals surface area contributed by atoms with Crippen molar-refractivity contribution in [3.8, 4) is 5.75 Å². The fourth-order valence-corrected chi connectivity index (χ4v) is 3.05. The Labute approximate surface area is 122 Å². The van der Waals surface area contributed by atoms with Gasteiger partial charge in [0.2, 0.25) is 0 Å². The third-order valence-electron chi connectivity index (χ3n) is 2.97. The molecule has 2 aromatic rings. The van der Waals surface area contributed by atoms with Crippen LogP contribution in [0.4, 0.5) is 10.1 Å². The first-order chi connectivity index (χ1) is 9.51. The molecule has 20 heavy (non-hydrogen) atoms. The molecule has 0 amide bonds. The van der Waals surface area contributed by atoms with Crippen LogP contribution in [0.1, 0.15) is 35.5 Å². The summed E-state index contributed by atoms with van der Waals surface area (Å²) >= 11 is 1.68. The lowest BCUT2D eigenvalue weighted by atomic mass is 10.2. The van der Waals surface area contributed by atoms with E-state index in [1.165, 1.54) is 17.0 Å². The van der Waals surface area contributed by atoms with E-state index in [-0.39, 0.29) is 11.9 Å². The van der Waals surface area contributed by atoms with Gasteiger partial charge in [0.05, 0.1) is 29.0 Å². The molecule has 0 aliphatic rings. The van der Waals surface area contributed by atoms with Gasteiger partial charge < -0.3 is 10.1 Å². The first-order valence-electron chi connectivity index (χ1n) is 6.64. The van der Waals surface area contributed by atoms with Crippen LogP contribution in [0, 0.1) is 19.7 Å². The van der Waals surface area contributed by atoms with E-state index >= 15 is 0 Å². The van der Waals surface area contributed by atoms with E-state index in [9.17, 15) is 4.39 Å². The second-order valence-electron chi connectivity index (χ2n) is 4.61. The number of benzene rings is 1. The van der Waals surface area contributed by atoms with Gasteiger partial charge in [-0.05, 0) is 39.8 Å². The number of nitrogens with one attached hydrogen (secondary N) is 1. The zero-order chi connectivity index (χ0) is 14.7. The summed E-state index contributed by atoms with van der Waals surface area (Å²) < 4.78 is 18.7. The molecule has 1 atom stereocenters. The average Bonchev–Trinajstić information content (AvgIpc) is 2.72. The number of thiazole rings is 1. The highest BCUT2D eigenvalue weighted by Crippen LogP contribution is 2.31. The predicted molar refractivity (Wildman–Crippen MR) is 81.2 cm³/mol. The lowest BCUT2D eigenvalue weighted by molar-refractivity contribution is 0.339. The van der Waals surface area contributed by atoms with Gasteiger partial charge in [-0.15, -0.1) is 11.3 Å². The number of hydrogen-bond acceptors (Lipinski definition) is 4. The summed E-state index contributed by atoms with van der Waals surface area (Å²) in [5.74, 6) is 0.233. The lowest BCUT2D eigenvalue weighted by Crippen LogP contribution is -2.10. The van der Waals surface area contributed by atoms with Crippen molar-refractivity contribution >= 4 is 17.0 Å². The second-order valence-corrected chi connectivity index (χ2v) is 6.02. The molecule has 2 rings (SSSR count). The first kappa shape index (κ1) is 14.8. The molecule has 1 N–H and O–H groups in total. The number of ether oxygens (including phenoxy) is 1. The smallest absolute Gasteiger partial charge is 0.145 e. The molecule has 5 heteroatoms. The van der Waals surface area contributed by atoms with Crippen molar-refractivity contribution < 1.29 is 9.13 Å². The average molecular weight is 294 g/mol. The Morgan fingerprint density at radius 1 is 1.40 bits per heavy atom. The minimum atomic E-state index is -0.299. The molecule has 0 aliphatic carbocycles. The van der Waals surface area contributed by atoms with Crippen molar-refractivity contribution in [2.75, 3.05) is 11.9 Å². The number of rotatable bonds is 5. The highest BCUT2D eigenvalue weighted by molar-refractivity contribution is 7.11. The monoisotopic (exact) mass is 294 g/mol. The summed E-state index contributed by atoms with van der Waals surface area (Å²) in [4.78, 5) is 5.74. The fourth-order valence-electron chi connectivity index (χ4n) is 2.14. The van der Waals surface area contributed by atoms with E-state index in [2.05, 4.69) is 17.2 Å². The molecule has 0 bridgehead atoms. The van der Waals surface area contributed by atoms with Gasteiger partial charge in [0.25, 0.3) is 0 Å². The quantitative estimate of drug-likeness (QED) is 0.883. The maximum absolute atomic E-state index is 13.3. The van der Waals surface area contributed by atoms with Crippen LogP contribution in [0.3, 0.4) is 0 Å². The van der Waals surface area contributed by atoms with Gasteiger partial charge in [-0.1, -0.05) is 0 Å². The second kappa shape index (κ2) is 6.22. The summed E-state index contributed by atoms with van der Waals surface area (Å²) in [5.41, 5.74) is 1.81. The van der Waals surface area contributed by atoms with Crippen molar-refractivity contribution in [1.82, 2.24) is 4.98 Å². The molecule has 0 radical (unpaired) electrons. The van der Waals surface area contributed by atoms with Crippen molar-refractivity contribution in [1.29, 1.82) is 0 Å². The van der Waals surface area contributed by atoms with Gasteiger partial charge in [0.15, 0.2) is 0 Å². The molecule has 1 unspecified atom stereocenters. The normalized spacial score (nSPS) is 12.2. The highest BCUT2D eigenvalue weighted by Gasteiger charge is 2.15. The lowest BCUT2D eigenvalue weighted by Gasteiger charge is -2.17. The largest absolute Gasteiger partial charge is 0.492 e. The van der Waals surface area contributed by atoms with Gasteiger partial charge >= 0.3 is 0 Å². The van der Waals surface area contributed by atoms with Gasteiger partial charge in [-0.3, -0.25) is 0 Å². The summed E-state index contributed by atoms with van der Waals surface area (Å²) in [6, 6.07) is 4.57. The molecule has 3 nitrogen and oxygen atoms in total. The Morgan fingerprint density at radius 2 is 2.15 bits per heavy atom. The SMILES string of the molecule is CCOc1cc(F)ccc1NC(C)c1nc(C)sc1C. The Bertz CT molecular complexity index is 598. The Kier molecular flexibility index (Phi) is 4.60. The number of halogens is 1. The Hall–Kier alpha value is -1.62. The summed E-state index contributed by atoms with van der Waals surface area (Å²) in [6.07, 6.45) is 0. The molecule has 108 valence electrons. The van der Waals surface area contributed by atoms with Crippen LogP contribution < -0.4 is 10.1 Å². The summed E-state index contributed by atoms with van der Waals surface area (Å²) in [7, 11) is 0. The number of nitrogens with zero attached hydrogens (tertiary/aromatic N) is 1. The van der Waals surface area contributed by atoms with Gasteiger partial charge in [-0.25, -0.2) is 9.37 Å². The van der Waals surface area contributed by atoms with E-state index in [4.69, 9.17) is 4.74 Å². The third-order valence-corrected chi connectivity index (χ3v) is 3.87. The number of hydrogen-bond donors (Lipinski definition) is 1. The maximum Gasteiger partial charge on any atom is 0.145 e. The molecule has 0 saturated heterocycles. The zero-order valence-corrected chi connectivity index (χ0v) is 13.0. The number of aromatic nitrogens is 1. The third kappa shape index (κ3) is 3.28. The van der Waals surface area contributed by atoms with Crippen LogP contribution in [0.5, 0.6) is 5.75 Å². The molecule has 1 aromatic heterocycles. The maximum atomic E-state index is 13.3. The Balaban J connectivity index is 2.23. The summed E-state index contributed by atoms with van der Waals surface area (Å²) in [5, 5.41) is 4.40. The molecule has 1 heterocycles. The molecule has 0 saturated carbocycles. The first-order valence-corrected chi connectivity index (χ1v) is 7.45. The highest BCUT2D eigenvalue weighted by atomic mass is 32.1. The van der Waals surface area contributed by atoms with Crippen LogP contribution in [0.25, 0.3) is 0 Å². The van der Waals surface area contributed by atoms with Gasteiger partial charge in [0.1, 0.15) is 11.6 Å². The van der Waals surface area contributed by atoms with E-state index in [0.717, 1.165) is 16.4 Å². The molecule has 0 fully saturated rings. The van der Waals surface area contributed by atoms with E-state index in [1.54, 1.807) is 17.4 Å². The van der Waals surface area contributed by atoms with Crippen molar-refractivity contribution in [3.63, 3.8) is 0 Å². The van der Waals surface area contributed by atoms with E-state index in [0.29, 0.717) is 12.4 Å². The van der Waals surface area contributed by atoms with Crippen LogP contribution >= 0.6 is 11.3 Å². The van der Waals surface area contributed by atoms with Gasteiger partial charge in [0, 0.05) is 10.9 Å². The fraction of sp³-hybridized carbons (Fsp3) is 0.400. The zero-order valence-electron chi connectivity index (χ0n) is 12.2. The minimum absolute atomic E-state index is 0.0459. The van der Waals surface area contributed by atoms with Crippen molar-refractivity contribution in [2.24, 2.45) is 0 Å². The van der Waals surface area contributed by atoms with E-state index in [1.807, 2.05) is 20.8 Å². The minimum Gasteiger partial charge on any atom is -0.492 e. The standard InChI is InChI=1S/C15H19FN2OS/c1-5-19-14-8-12(16)6-7-13(14)17-9(2)15-10(3)20-11(4)18-15/h6-9,17H,5H2,1-4H3. The molecule has 0 aliphatic heterocycles. The van der Waals surface area contributed by atoms with Crippen molar-refractivity contribution in [3.05, 3.63) is 39.6 Å². The topological polar surface area (TPSA) is 34.1 Å². The van der Waals surface area contributed by atoms with Crippen LogP contribution in [0.15, 0.2) is 18.2 Å². The van der Waals surface area contributed by atoms with E-state index < -0.39 is 0 Å². The summed E-state index contributed by atoms with van der Waals surface area (Å²) in [6.45, 7) is 8.48. The van der Waals surface area contributed by atoms with Gasteiger partial charge in [-0.2, -0.15) is 0 Å². The van der Waals surface area contributed by atoms with Crippen LogP contribution in [0.2, 0.25) is 0 Å². The molecular formula is C15H19FN2OS. The van der Waals surface area contributed by atoms with Crippen molar-refractivity contribution in [2.45, 2.75) is 33.7 Å². The molecule has 1 aromatic carbocycles. The number of anilines is 1. The predicted octanol–water partition coefficient (Wildman–Crippen LogP) is 4.47. The Morgan fingerprint density at radius 3 is 2.75 bits per heavy atom. The molecule has 0 spiro atoms. The molecular weight excluding hydrogens is 275 g/mol. The van der Waals surface area contributed by atoms with Crippen LogP contribution in [-0.2, 0) is 0 Å². The number of aryl methyl sites for hydroxylation is 2.